The largest absolute Gasteiger partial charge is 0.351 e. The maximum Gasteiger partial charge on any atom is 0.169 e. The van der Waals surface area contributed by atoms with Gasteiger partial charge in [0.25, 0.3) is 0 Å². The molecule has 0 atom stereocenters. The van der Waals surface area contributed by atoms with E-state index in [0.717, 1.165) is 49.8 Å². The number of aromatic nitrogens is 2. The minimum atomic E-state index is 0.676. The molecule has 20 heavy (non-hydrogen) atoms. The van der Waals surface area contributed by atoms with E-state index in [2.05, 4.69) is 39.9 Å². The quantitative estimate of drug-likeness (QED) is 0.839. The van der Waals surface area contributed by atoms with Crippen LogP contribution in [0.25, 0.3) is 0 Å². The SMILES string of the molecule is Cc1nnc(N2CCN(CC(C)C)CC2)c(C#N)c1C. The molecule has 5 heteroatoms. The van der Waals surface area contributed by atoms with Crippen molar-refractivity contribution in [3.8, 4) is 6.07 Å². The van der Waals surface area contributed by atoms with Crippen molar-refractivity contribution in [3.63, 3.8) is 0 Å². The maximum atomic E-state index is 9.37. The normalized spacial score (nSPS) is 16.5. The molecule has 0 aliphatic carbocycles. The van der Waals surface area contributed by atoms with Gasteiger partial charge < -0.3 is 4.90 Å². The molecule has 0 radical (unpaired) electrons. The Morgan fingerprint density at radius 1 is 1.15 bits per heavy atom. The first-order valence-electron chi connectivity index (χ1n) is 7.24. The smallest absolute Gasteiger partial charge is 0.169 e. The number of aryl methyl sites for hydroxylation is 1. The Bertz CT molecular complexity index is 510. The summed E-state index contributed by atoms with van der Waals surface area (Å²) in [5.74, 6) is 1.44. The van der Waals surface area contributed by atoms with Crippen LogP contribution in [0, 0.1) is 31.1 Å². The zero-order chi connectivity index (χ0) is 14.7. The molecule has 0 spiro atoms. The van der Waals surface area contributed by atoms with Crippen molar-refractivity contribution in [2.24, 2.45) is 5.92 Å². The van der Waals surface area contributed by atoms with E-state index >= 15 is 0 Å². The van der Waals surface area contributed by atoms with Gasteiger partial charge in [-0.3, -0.25) is 4.90 Å². The number of nitrogens with zero attached hydrogens (tertiary/aromatic N) is 5. The first-order valence-corrected chi connectivity index (χ1v) is 7.24. The third kappa shape index (κ3) is 3.07. The van der Waals surface area contributed by atoms with Crippen LogP contribution in [0.5, 0.6) is 0 Å². The molecule has 1 aromatic rings. The van der Waals surface area contributed by atoms with Crippen LogP contribution in [-0.4, -0.2) is 47.8 Å². The monoisotopic (exact) mass is 273 g/mol. The average molecular weight is 273 g/mol. The number of rotatable bonds is 3. The molecular weight excluding hydrogens is 250 g/mol. The van der Waals surface area contributed by atoms with Crippen molar-refractivity contribution in [1.82, 2.24) is 15.1 Å². The van der Waals surface area contributed by atoms with E-state index in [9.17, 15) is 5.26 Å². The third-order valence-corrected chi connectivity index (χ3v) is 3.84. The first kappa shape index (κ1) is 14.7. The highest BCUT2D eigenvalue weighted by molar-refractivity contribution is 5.57. The second-order valence-corrected chi connectivity index (χ2v) is 5.90. The lowest BCUT2D eigenvalue weighted by Crippen LogP contribution is -2.48. The minimum absolute atomic E-state index is 0.676. The van der Waals surface area contributed by atoms with Gasteiger partial charge in [-0.25, -0.2) is 0 Å². The van der Waals surface area contributed by atoms with Gasteiger partial charge in [0, 0.05) is 32.7 Å². The summed E-state index contributed by atoms with van der Waals surface area (Å²) in [5, 5.41) is 17.8. The number of hydrogen-bond acceptors (Lipinski definition) is 5. The predicted molar refractivity (Wildman–Crippen MR) is 79.7 cm³/mol. The molecule has 1 aliphatic heterocycles. The van der Waals surface area contributed by atoms with Gasteiger partial charge in [0.2, 0.25) is 0 Å². The Balaban J connectivity index is 2.12. The summed E-state index contributed by atoms with van der Waals surface area (Å²) in [6.07, 6.45) is 0. The van der Waals surface area contributed by atoms with Crippen LogP contribution in [0.2, 0.25) is 0 Å². The number of hydrogen-bond donors (Lipinski definition) is 0. The summed E-state index contributed by atoms with van der Waals surface area (Å²) < 4.78 is 0. The maximum absolute atomic E-state index is 9.37. The second kappa shape index (κ2) is 6.19. The van der Waals surface area contributed by atoms with E-state index in [1.165, 1.54) is 0 Å². The lowest BCUT2D eigenvalue weighted by atomic mass is 10.1. The highest BCUT2D eigenvalue weighted by Gasteiger charge is 2.22. The number of nitriles is 1. The van der Waals surface area contributed by atoms with Gasteiger partial charge in [-0.05, 0) is 25.3 Å². The Labute approximate surface area is 121 Å². The summed E-state index contributed by atoms with van der Waals surface area (Å²) in [6, 6.07) is 2.29. The summed E-state index contributed by atoms with van der Waals surface area (Å²) in [7, 11) is 0. The van der Waals surface area contributed by atoms with E-state index in [1.54, 1.807) is 0 Å². The van der Waals surface area contributed by atoms with Crippen LogP contribution in [0.1, 0.15) is 30.7 Å². The molecule has 0 bridgehead atoms. The van der Waals surface area contributed by atoms with Gasteiger partial charge in [0.15, 0.2) is 5.82 Å². The zero-order valence-corrected chi connectivity index (χ0v) is 12.8. The molecule has 0 saturated carbocycles. The fraction of sp³-hybridized carbons (Fsp3) is 0.667. The Morgan fingerprint density at radius 2 is 1.80 bits per heavy atom. The van der Waals surface area contributed by atoms with Crippen LogP contribution < -0.4 is 4.90 Å². The topological polar surface area (TPSA) is 56.1 Å². The molecule has 0 N–H and O–H groups in total. The standard InChI is InChI=1S/C15H23N5/c1-11(2)10-19-5-7-20(8-6-19)15-14(9-16)12(3)13(4)17-18-15/h11H,5-8,10H2,1-4H3. The first-order chi connectivity index (χ1) is 9.52. The molecule has 108 valence electrons. The van der Waals surface area contributed by atoms with E-state index in [1.807, 2.05) is 13.8 Å². The van der Waals surface area contributed by atoms with Crippen LogP contribution in [-0.2, 0) is 0 Å². The van der Waals surface area contributed by atoms with Gasteiger partial charge in [-0.1, -0.05) is 13.8 Å². The molecule has 0 unspecified atom stereocenters. The number of piperazine rings is 1. The molecule has 0 amide bonds. The molecule has 1 fully saturated rings. The molecule has 0 aromatic carbocycles. The molecule has 1 saturated heterocycles. The van der Waals surface area contributed by atoms with Crippen molar-refractivity contribution in [3.05, 3.63) is 16.8 Å². The van der Waals surface area contributed by atoms with E-state index in [-0.39, 0.29) is 0 Å². The fourth-order valence-corrected chi connectivity index (χ4v) is 2.61. The molecule has 1 aromatic heterocycles. The van der Waals surface area contributed by atoms with Gasteiger partial charge in [-0.2, -0.15) is 10.4 Å². The minimum Gasteiger partial charge on any atom is -0.351 e. The summed E-state index contributed by atoms with van der Waals surface area (Å²) in [5.41, 5.74) is 2.46. The van der Waals surface area contributed by atoms with Crippen molar-refractivity contribution in [1.29, 1.82) is 5.26 Å². The van der Waals surface area contributed by atoms with E-state index < -0.39 is 0 Å². The highest BCUT2D eigenvalue weighted by atomic mass is 15.3. The zero-order valence-electron chi connectivity index (χ0n) is 12.8. The van der Waals surface area contributed by atoms with Crippen molar-refractivity contribution >= 4 is 5.82 Å². The van der Waals surface area contributed by atoms with E-state index in [4.69, 9.17) is 0 Å². The van der Waals surface area contributed by atoms with Crippen molar-refractivity contribution in [2.75, 3.05) is 37.6 Å². The molecule has 2 rings (SSSR count). The van der Waals surface area contributed by atoms with Crippen LogP contribution in [0.15, 0.2) is 0 Å². The van der Waals surface area contributed by atoms with Crippen LogP contribution >= 0.6 is 0 Å². The Hall–Kier alpha value is -1.67. The molecule has 2 heterocycles. The summed E-state index contributed by atoms with van der Waals surface area (Å²) >= 11 is 0. The highest BCUT2D eigenvalue weighted by Crippen LogP contribution is 2.22. The Kier molecular flexibility index (Phi) is 4.56. The van der Waals surface area contributed by atoms with Crippen molar-refractivity contribution in [2.45, 2.75) is 27.7 Å². The Morgan fingerprint density at radius 3 is 2.35 bits per heavy atom. The van der Waals surface area contributed by atoms with Crippen LogP contribution in [0.4, 0.5) is 5.82 Å². The van der Waals surface area contributed by atoms with Gasteiger partial charge in [-0.15, -0.1) is 5.10 Å². The van der Waals surface area contributed by atoms with Gasteiger partial charge in [0.1, 0.15) is 11.6 Å². The summed E-state index contributed by atoms with van der Waals surface area (Å²) in [6.45, 7) is 13.3. The lowest BCUT2D eigenvalue weighted by Gasteiger charge is -2.36. The summed E-state index contributed by atoms with van der Waals surface area (Å²) in [4.78, 5) is 4.66. The predicted octanol–water partition coefficient (Wildman–Crippen LogP) is 1.74. The van der Waals surface area contributed by atoms with Gasteiger partial charge in [0.05, 0.1) is 5.69 Å². The molecule has 5 nitrogen and oxygen atoms in total. The average Bonchev–Trinajstić information content (AvgIpc) is 2.42. The van der Waals surface area contributed by atoms with Crippen LogP contribution in [0.3, 0.4) is 0 Å². The third-order valence-electron chi connectivity index (χ3n) is 3.84. The molecule has 1 aliphatic rings. The second-order valence-electron chi connectivity index (χ2n) is 5.90. The lowest BCUT2D eigenvalue weighted by molar-refractivity contribution is 0.230. The van der Waals surface area contributed by atoms with Gasteiger partial charge >= 0.3 is 0 Å². The number of anilines is 1. The van der Waals surface area contributed by atoms with Crippen molar-refractivity contribution < 1.29 is 0 Å². The fourth-order valence-electron chi connectivity index (χ4n) is 2.61. The molecular formula is C15H23N5. The van der Waals surface area contributed by atoms with E-state index in [0.29, 0.717) is 11.5 Å².